The zero-order valence-corrected chi connectivity index (χ0v) is 12.5. The minimum atomic E-state index is 0.490. The van der Waals surface area contributed by atoms with Gasteiger partial charge in [-0.3, -0.25) is 0 Å². The summed E-state index contributed by atoms with van der Waals surface area (Å²) in [6.45, 7) is 0.490. The summed E-state index contributed by atoms with van der Waals surface area (Å²) in [6, 6.07) is 15.3. The molecule has 0 fully saturated rings. The van der Waals surface area contributed by atoms with Gasteiger partial charge in [0.2, 0.25) is 0 Å². The number of halogens is 2. The monoisotopic (exact) mass is 365 g/mol. The maximum Gasteiger partial charge on any atom is 0.134 e. The maximum atomic E-state index is 8.77. The maximum absolute atomic E-state index is 8.77. The molecule has 0 aliphatic rings. The van der Waals surface area contributed by atoms with Gasteiger partial charge in [-0.25, -0.2) is 0 Å². The van der Waals surface area contributed by atoms with Gasteiger partial charge in [0.15, 0.2) is 0 Å². The van der Waals surface area contributed by atoms with Crippen molar-refractivity contribution >= 4 is 31.9 Å². The Bertz CT molecular complexity index is 605. The van der Waals surface area contributed by atoms with E-state index >= 15 is 0 Å². The Hall–Kier alpha value is -1.31. The first-order valence-corrected chi connectivity index (χ1v) is 6.84. The largest absolute Gasteiger partial charge is 0.488 e. The molecule has 18 heavy (non-hydrogen) atoms. The molecule has 4 heteroatoms. The molecular formula is C14H9Br2NO. The quantitative estimate of drug-likeness (QED) is 0.791. The topological polar surface area (TPSA) is 33.0 Å². The molecule has 0 atom stereocenters. The molecule has 2 rings (SSSR count). The SMILES string of the molecule is N#Cc1ccc(OCc2cccc(Br)c2)c(Br)c1. The number of ether oxygens (including phenoxy) is 1. The standard InChI is InChI=1S/C14H9Br2NO/c15-12-3-1-2-11(6-12)9-18-14-5-4-10(8-17)7-13(14)16/h1-7H,9H2. The summed E-state index contributed by atoms with van der Waals surface area (Å²) in [5.74, 6) is 0.731. The van der Waals surface area contributed by atoms with E-state index in [1.54, 1.807) is 18.2 Å². The molecule has 0 amide bonds. The lowest BCUT2D eigenvalue weighted by Crippen LogP contribution is -1.96. The van der Waals surface area contributed by atoms with Crippen LogP contribution in [-0.4, -0.2) is 0 Å². The van der Waals surface area contributed by atoms with Crippen LogP contribution in [0.3, 0.4) is 0 Å². The Labute approximate surface area is 122 Å². The van der Waals surface area contributed by atoms with Crippen LogP contribution >= 0.6 is 31.9 Å². The number of nitrogens with zero attached hydrogens (tertiary/aromatic N) is 1. The molecular weight excluding hydrogens is 358 g/mol. The van der Waals surface area contributed by atoms with E-state index in [9.17, 15) is 0 Å². The first kappa shape index (κ1) is 13.1. The van der Waals surface area contributed by atoms with Crippen molar-refractivity contribution in [3.05, 3.63) is 62.5 Å². The van der Waals surface area contributed by atoms with Crippen molar-refractivity contribution in [2.75, 3.05) is 0 Å². The molecule has 0 aromatic heterocycles. The highest BCUT2D eigenvalue weighted by Gasteiger charge is 2.03. The molecule has 90 valence electrons. The first-order chi connectivity index (χ1) is 8.69. The van der Waals surface area contributed by atoms with Crippen LogP contribution in [0.2, 0.25) is 0 Å². The predicted octanol–water partition coefficient (Wildman–Crippen LogP) is 4.66. The number of nitriles is 1. The Balaban J connectivity index is 2.09. The van der Waals surface area contributed by atoms with E-state index in [0.29, 0.717) is 12.2 Å². The molecule has 0 heterocycles. The third-order valence-corrected chi connectivity index (χ3v) is 3.46. The average molecular weight is 367 g/mol. The fourth-order valence-corrected chi connectivity index (χ4v) is 2.42. The summed E-state index contributed by atoms with van der Waals surface area (Å²) in [5, 5.41) is 8.77. The zero-order chi connectivity index (χ0) is 13.0. The van der Waals surface area contributed by atoms with Crippen molar-refractivity contribution in [3.8, 4) is 11.8 Å². The van der Waals surface area contributed by atoms with Gasteiger partial charge in [-0.1, -0.05) is 28.1 Å². The van der Waals surface area contributed by atoms with Crippen molar-refractivity contribution in [2.24, 2.45) is 0 Å². The van der Waals surface area contributed by atoms with E-state index in [1.165, 1.54) is 0 Å². The smallest absolute Gasteiger partial charge is 0.134 e. The van der Waals surface area contributed by atoms with Crippen molar-refractivity contribution in [1.82, 2.24) is 0 Å². The third kappa shape index (κ3) is 3.34. The summed E-state index contributed by atoms with van der Waals surface area (Å²) < 4.78 is 7.52. The van der Waals surface area contributed by atoms with Crippen molar-refractivity contribution in [2.45, 2.75) is 6.61 Å². The number of rotatable bonds is 3. The summed E-state index contributed by atoms with van der Waals surface area (Å²) in [4.78, 5) is 0. The average Bonchev–Trinajstić information content (AvgIpc) is 2.37. The van der Waals surface area contributed by atoms with E-state index in [0.717, 1.165) is 20.3 Å². The Morgan fingerprint density at radius 3 is 2.61 bits per heavy atom. The molecule has 0 radical (unpaired) electrons. The minimum absolute atomic E-state index is 0.490. The fourth-order valence-electron chi connectivity index (χ4n) is 1.48. The lowest BCUT2D eigenvalue weighted by atomic mass is 10.2. The molecule has 2 aromatic carbocycles. The Kier molecular flexibility index (Phi) is 4.40. The van der Waals surface area contributed by atoms with E-state index in [4.69, 9.17) is 10.00 Å². The van der Waals surface area contributed by atoms with Crippen molar-refractivity contribution in [1.29, 1.82) is 5.26 Å². The molecule has 2 aromatic rings. The second-order valence-corrected chi connectivity index (χ2v) is 5.45. The zero-order valence-electron chi connectivity index (χ0n) is 9.36. The van der Waals surface area contributed by atoms with E-state index in [1.807, 2.05) is 24.3 Å². The van der Waals surface area contributed by atoms with Crippen LogP contribution in [0, 0.1) is 11.3 Å². The van der Waals surface area contributed by atoms with Gasteiger partial charge in [0.1, 0.15) is 12.4 Å². The van der Waals surface area contributed by atoms with Gasteiger partial charge < -0.3 is 4.74 Å². The first-order valence-electron chi connectivity index (χ1n) is 5.26. The summed E-state index contributed by atoms with van der Waals surface area (Å²) >= 11 is 6.81. The summed E-state index contributed by atoms with van der Waals surface area (Å²) in [6.07, 6.45) is 0. The van der Waals surface area contributed by atoms with E-state index in [2.05, 4.69) is 37.9 Å². The molecule has 2 nitrogen and oxygen atoms in total. The Morgan fingerprint density at radius 2 is 1.94 bits per heavy atom. The lowest BCUT2D eigenvalue weighted by molar-refractivity contribution is 0.304. The van der Waals surface area contributed by atoms with Crippen molar-refractivity contribution in [3.63, 3.8) is 0 Å². The second-order valence-electron chi connectivity index (χ2n) is 3.68. The molecule has 0 saturated heterocycles. The van der Waals surface area contributed by atoms with Crippen LogP contribution in [0.5, 0.6) is 5.75 Å². The number of hydrogen-bond acceptors (Lipinski definition) is 2. The third-order valence-electron chi connectivity index (χ3n) is 2.34. The lowest BCUT2D eigenvalue weighted by Gasteiger charge is -2.08. The van der Waals surface area contributed by atoms with Gasteiger partial charge >= 0.3 is 0 Å². The van der Waals surface area contributed by atoms with Crippen molar-refractivity contribution < 1.29 is 4.74 Å². The number of benzene rings is 2. The Morgan fingerprint density at radius 1 is 1.11 bits per heavy atom. The van der Waals surface area contributed by atoms with Crippen LogP contribution in [0.25, 0.3) is 0 Å². The van der Waals surface area contributed by atoms with Crippen LogP contribution < -0.4 is 4.74 Å². The summed E-state index contributed by atoms with van der Waals surface area (Å²) in [5.41, 5.74) is 1.69. The van der Waals surface area contributed by atoms with Crippen LogP contribution in [-0.2, 0) is 6.61 Å². The van der Waals surface area contributed by atoms with Gasteiger partial charge in [-0.05, 0) is 51.8 Å². The minimum Gasteiger partial charge on any atom is -0.488 e. The predicted molar refractivity (Wildman–Crippen MR) is 77.3 cm³/mol. The highest BCUT2D eigenvalue weighted by molar-refractivity contribution is 9.10. The number of hydrogen-bond donors (Lipinski definition) is 0. The van der Waals surface area contributed by atoms with Gasteiger partial charge in [-0.15, -0.1) is 0 Å². The molecule has 0 spiro atoms. The summed E-state index contributed by atoms with van der Waals surface area (Å²) in [7, 11) is 0. The highest BCUT2D eigenvalue weighted by atomic mass is 79.9. The molecule has 0 bridgehead atoms. The fraction of sp³-hybridized carbons (Fsp3) is 0.0714. The normalized spacial score (nSPS) is 9.83. The molecule has 0 aliphatic carbocycles. The van der Waals surface area contributed by atoms with E-state index in [-0.39, 0.29) is 0 Å². The highest BCUT2D eigenvalue weighted by Crippen LogP contribution is 2.26. The molecule has 0 N–H and O–H groups in total. The molecule has 0 aliphatic heterocycles. The van der Waals surface area contributed by atoms with Crippen LogP contribution in [0.4, 0.5) is 0 Å². The van der Waals surface area contributed by atoms with Gasteiger partial charge in [0.25, 0.3) is 0 Å². The van der Waals surface area contributed by atoms with Crippen LogP contribution in [0.15, 0.2) is 51.4 Å². The second kappa shape index (κ2) is 6.03. The van der Waals surface area contributed by atoms with Gasteiger partial charge in [-0.2, -0.15) is 5.26 Å². The van der Waals surface area contributed by atoms with Gasteiger partial charge in [0.05, 0.1) is 16.1 Å². The van der Waals surface area contributed by atoms with Crippen LogP contribution in [0.1, 0.15) is 11.1 Å². The van der Waals surface area contributed by atoms with Gasteiger partial charge in [0, 0.05) is 4.47 Å². The molecule has 0 unspecified atom stereocenters. The van der Waals surface area contributed by atoms with E-state index < -0.39 is 0 Å². The molecule has 0 saturated carbocycles.